The van der Waals surface area contributed by atoms with Gasteiger partial charge >= 0.3 is 0 Å². The second-order valence-corrected chi connectivity index (χ2v) is 7.14. The molecule has 2 rings (SSSR count). The summed E-state index contributed by atoms with van der Waals surface area (Å²) in [5.74, 6) is 0.330. The highest BCUT2D eigenvalue weighted by Gasteiger charge is 2.64. The zero-order valence-corrected chi connectivity index (χ0v) is 14.0. The average Bonchev–Trinajstić information content (AvgIpc) is 2.43. The maximum absolute atomic E-state index is 11.6. The lowest BCUT2D eigenvalue weighted by atomic mass is 9.49. The van der Waals surface area contributed by atoms with Gasteiger partial charge in [0.25, 0.3) is 0 Å². The van der Waals surface area contributed by atoms with Crippen LogP contribution in [0, 0.1) is 29.1 Å². The normalized spacial score (nSPS) is 25.4. The number of aromatic nitrogens is 1. The van der Waals surface area contributed by atoms with Gasteiger partial charge in [0.2, 0.25) is 5.91 Å². The molecule has 5 nitrogen and oxygen atoms in total. The minimum absolute atomic E-state index is 0.165. The number of aryl methyl sites for hydroxylation is 1. The summed E-state index contributed by atoms with van der Waals surface area (Å²) in [6.07, 6.45) is 1.38. The molecule has 0 aromatic carbocycles. The van der Waals surface area contributed by atoms with E-state index in [9.17, 15) is 4.79 Å². The fraction of sp³-hybridized carbons (Fsp3) is 0.588. The minimum Gasteiger partial charge on any atom is -0.488 e. The van der Waals surface area contributed by atoms with Crippen LogP contribution in [0.15, 0.2) is 12.3 Å². The molecule has 5 heteroatoms. The highest BCUT2D eigenvalue weighted by Crippen LogP contribution is 2.55. The molecule has 118 valence electrons. The van der Waals surface area contributed by atoms with Gasteiger partial charge in [-0.15, -0.1) is 0 Å². The summed E-state index contributed by atoms with van der Waals surface area (Å²) < 4.78 is 14.2. The van der Waals surface area contributed by atoms with Gasteiger partial charge in [0.05, 0.1) is 6.20 Å². The standard InChI is InChI=1S/C17H23N3O2/c1-10-7-12(9-19-13(10)8-18)22-15-16(3,4)14(17(15,5)6)20-11(2)21/h7,9,14-15H,1-6H3,(H,20,21)/i/hD. The van der Waals surface area contributed by atoms with Crippen LogP contribution in [0.2, 0.25) is 1.41 Å². The first-order valence-corrected chi connectivity index (χ1v) is 7.35. The number of nitrogens with zero attached hydrogens (tertiary/aromatic N) is 2. The second kappa shape index (κ2) is 5.28. The Morgan fingerprint density at radius 1 is 1.45 bits per heavy atom. The molecule has 0 radical (unpaired) electrons. The van der Waals surface area contributed by atoms with Crippen molar-refractivity contribution in [2.75, 3.05) is 0 Å². The maximum Gasteiger partial charge on any atom is 0.217 e. The van der Waals surface area contributed by atoms with Crippen molar-refractivity contribution in [3.8, 4) is 11.8 Å². The lowest BCUT2D eigenvalue weighted by Gasteiger charge is -2.63. The van der Waals surface area contributed by atoms with E-state index in [1.54, 1.807) is 12.3 Å². The quantitative estimate of drug-likeness (QED) is 0.931. The number of amides is 1. The lowest BCUT2D eigenvalue weighted by molar-refractivity contribution is -0.172. The van der Waals surface area contributed by atoms with E-state index >= 15 is 0 Å². The summed E-state index contributed by atoms with van der Waals surface area (Å²) in [5.41, 5.74) is 0.427. The Balaban J connectivity index is 2.26. The molecule has 0 atom stereocenters. The fourth-order valence-corrected chi connectivity index (χ4v) is 3.79. The second-order valence-electron chi connectivity index (χ2n) is 7.14. The highest BCUT2D eigenvalue weighted by atomic mass is 16.5. The van der Waals surface area contributed by atoms with Crippen LogP contribution in [0.3, 0.4) is 0 Å². The predicted octanol–water partition coefficient (Wildman–Crippen LogP) is 2.58. The third-order valence-corrected chi connectivity index (χ3v) is 4.48. The molecule has 1 saturated carbocycles. The van der Waals surface area contributed by atoms with E-state index in [2.05, 4.69) is 4.98 Å². The number of carbonyl (C=O) groups excluding carboxylic acids is 1. The van der Waals surface area contributed by atoms with Crippen LogP contribution < -0.4 is 10.0 Å². The Morgan fingerprint density at radius 3 is 2.50 bits per heavy atom. The largest absolute Gasteiger partial charge is 0.488 e. The van der Waals surface area contributed by atoms with E-state index in [-0.39, 0.29) is 28.9 Å². The molecule has 0 bridgehead atoms. The van der Waals surface area contributed by atoms with Gasteiger partial charge in [-0.05, 0) is 18.6 Å². The van der Waals surface area contributed by atoms with Crippen LogP contribution >= 0.6 is 0 Å². The van der Waals surface area contributed by atoms with E-state index < -0.39 is 0 Å². The molecule has 0 spiro atoms. The first kappa shape index (κ1) is 14.8. The zero-order valence-electron chi connectivity index (χ0n) is 15.0. The van der Waals surface area contributed by atoms with E-state index in [1.165, 1.54) is 6.92 Å². The molecule has 1 aromatic heterocycles. The van der Waals surface area contributed by atoms with Crippen molar-refractivity contribution in [1.82, 2.24) is 10.3 Å². The van der Waals surface area contributed by atoms with Gasteiger partial charge in [-0.1, -0.05) is 27.7 Å². The van der Waals surface area contributed by atoms with Crippen LogP contribution in [0.1, 0.15) is 45.9 Å². The Kier molecular flexibility index (Phi) is 3.56. The van der Waals surface area contributed by atoms with Gasteiger partial charge in [-0.25, -0.2) is 4.98 Å². The molecule has 22 heavy (non-hydrogen) atoms. The summed E-state index contributed by atoms with van der Waals surface area (Å²) in [6, 6.07) is 3.60. The van der Waals surface area contributed by atoms with Crippen molar-refractivity contribution in [2.45, 2.75) is 53.7 Å². The van der Waals surface area contributed by atoms with Crippen LogP contribution in [-0.2, 0) is 4.79 Å². The summed E-state index contributed by atoms with van der Waals surface area (Å²) in [5, 5.41) is 10.0. The Hall–Kier alpha value is -2.09. The number of carbonyl (C=O) groups is 1. The van der Waals surface area contributed by atoms with Gasteiger partial charge in [-0.3, -0.25) is 4.79 Å². The predicted molar refractivity (Wildman–Crippen MR) is 83.3 cm³/mol. The van der Waals surface area contributed by atoms with Crippen molar-refractivity contribution in [3.05, 3.63) is 23.5 Å². The minimum atomic E-state index is -0.362. The maximum atomic E-state index is 11.6. The molecule has 1 aromatic rings. The third-order valence-electron chi connectivity index (χ3n) is 4.48. The van der Waals surface area contributed by atoms with E-state index in [4.69, 9.17) is 11.4 Å². The molecule has 0 unspecified atom stereocenters. The van der Waals surface area contributed by atoms with Crippen molar-refractivity contribution >= 4 is 5.91 Å². The zero-order chi connectivity index (χ0) is 17.6. The molecule has 1 amide bonds. The van der Waals surface area contributed by atoms with Crippen molar-refractivity contribution in [2.24, 2.45) is 10.8 Å². The van der Waals surface area contributed by atoms with Crippen LogP contribution in [-0.4, -0.2) is 23.0 Å². The van der Waals surface area contributed by atoms with Crippen LogP contribution in [0.5, 0.6) is 5.75 Å². The molecule has 1 aliphatic rings. The van der Waals surface area contributed by atoms with E-state index in [1.807, 2.05) is 40.7 Å². The van der Waals surface area contributed by atoms with E-state index in [0.29, 0.717) is 11.4 Å². The van der Waals surface area contributed by atoms with Crippen molar-refractivity contribution in [1.29, 1.82) is 5.26 Å². The average molecular weight is 302 g/mol. The van der Waals surface area contributed by atoms with Crippen molar-refractivity contribution in [3.63, 3.8) is 0 Å². The van der Waals surface area contributed by atoms with Crippen LogP contribution in [0.25, 0.3) is 0 Å². The summed E-state index contributed by atoms with van der Waals surface area (Å²) in [4.78, 5) is 15.7. The van der Waals surface area contributed by atoms with Gasteiger partial charge in [0.15, 0.2) is 1.41 Å². The van der Waals surface area contributed by atoms with Gasteiger partial charge in [-0.2, -0.15) is 5.26 Å². The van der Waals surface area contributed by atoms with E-state index in [0.717, 1.165) is 10.9 Å². The molecule has 1 fully saturated rings. The molecule has 0 saturated heterocycles. The number of nitrogens with one attached hydrogen (secondary N) is 1. The van der Waals surface area contributed by atoms with Crippen molar-refractivity contribution < 1.29 is 10.9 Å². The Bertz CT molecular complexity index is 663. The Labute approximate surface area is 133 Å². The first-order valence-electron chi connectivity index (χ1n) is 7.80. The molecular weight excluding hydrogens is 278 g/mol. The summed E-state index contributed by atoms with van der Waals surface area (Å²) >= 11 is 0. The number of hydrogen-bond donors (Lipinski definition) is 1. The van der Waals surface area contributed by atoms with Gasteiger partial charge in [0.1, 0.15) is 23.6 Å². The number of pyridine rings is 1. The number of ether oxygens (including phenoxy) is 1. The first-order chi connectivity index (χ1) is 10.5. The topological polar surface area (TPSA) is 75.0 Å². The number of rotatable bonds is 3. The van der Waals surface area contributed by atoms with Crippen LogP contribution in [0.4, 0.5) is 0 Å². The smallest absolute Gasteiger partial charge is 0.217 e. The summed E-state index contributed by atoms with van der Waals surface area (Å²) in [7, 11) is 0. The number of nitriles is 1. The van der Waals surface area contributed by atoms with Gasteiger partial charge in [0, 0.05) is 23.8 Å². The lowest BCUT2D eigenvalue weighted by Crippen LogP contribution is -2.74. The molecule has 0 aliphatic heterocycles. The Morgan fingerprint density at radius 2 is 2.05 bits per heavy atom. The molecule has 1 heterocycles. The molecular formula is C17H23N3O2. The monoisotopic (exact) mass is 302 g/mol. The summed E-state index contributed by atoms with van der Waals surface area (Å²) in [6.45, 7) is 11.2. The van der Waals surface area contributed by atoms with Gasteiger partial charge < -0.3 is 10.0 Å². The third kappa shape index (κ3) is 2.54. The highest BCUT2D eigenvalue weighted by molar-refractivity contribution is 5.73. The number of hydrogen-bond acceptors (Lipinski definition) is 4. The molecule has 1 N–H and O–H groups in total. The SMILES string of the molecule is [2H]N(C(C)=O)C1C(C)(C)C(Oc2cnc(C#N)c(C)c2)C1(C)C. The fourth-order valence-electron chi connectivity index (χ4n) is 3.79. The molecule has 1 aliphatic carbocycles.